The lowest BCUT2D eigenvalue weighted by molar-refractivity contribution is -0.140. The largest absolute Gasteiger partial charge is 0.480 e. The van der Waals surface area contributed by atoms with Crippen LogP contribution in [0.4, 0.5) is 0 Å². The number of carboxylic acid groups (broad SMARTS) is 1. The summed E-state index contributed by atoms with van der Waals surface area (Å²) in [6.07, 6.45) is 0. The van der Waals surface area contributed by atoms with Crippen molar-refractivity contribution in [3.05, 3.63) is 28.2 Å². The van der Waals surface area contributed by atoms with Crippen molar-refractivity contribution in [3.63, 3.8) is 0 Å². The Morgan fingerprint density at radius 2 is 2.22 bits per heavy atom. The van der Waals surface area contributed by atoms with Crippen molar-refractivity contribution in [2.45, 2.75) is 6.04 Å². The van der Waals surface area contributed by atoms with E-state index in [1.807, 2.05) is 0 Å². The number of aromatic nitrogens is 2. The average molecular weight is 269 g/mol. The quantitative estimate of drug-likeness (QED) is 0.769. The fraction of sp³-hybridized carbons (Fsp3) is 0.400. The Morgan fingerprint density at radius 3 is 2.83 bits per heavy atom. The highest BCUT2D eigenvalue weighted by atomic mass is 32.2. The fourth-order valence-corrected chi connectivity index (χ4v) is 2.76. The van der Waals surface area contributed by atoms with Crippen LogP contribution in [0.2, 0.25) is 0 Å². The van der Waals surface area contributed by atoms with E-state index in [0.29, 0.717) is 11.6 Å². The molecule has 1 aliphatic heterocycles. The molecule has 0 aliphatic carbocycles. The molecular formula is C10H11N3O4S. The maximum Gasteiger partial charge on any atom is 0.327 e. The summed E-state index contributed by atoms with van der Waals surface area (Å²) in [4.78, 5) is 35.5. The summed E-state index contributed by atoms with van der Waals surface area (Å²) >= 11 is 1.38. The van der Waals surface area contributed by atoms with E-state index in [9.17, 15) is 14.4 Å². The highest BCUT2D eigenvalue weighted by Gasteiger charge is 2.35. The first-order valence-electron chi connectivity index (χ1n) is 5.16. The summed E-state index contributed by atoms with van der Waals surface area (Å²) < 4.78 is 1.05. The Kier molecular flexibility index (Phi) is 3.37. The summed E-state index contributed by atoms with van der Waals surface area (Å²) in [6.45, 7) is 0. The van der Waals surface area contributed by atoms with Crippen molar-refractivity contribution in [3.8, 4) is 0 Å². The second-order valence-electron chi connectivity index (χ2n) is 3.81. The van der Waals surface area contributed by atoms with E-state index in [4.69, 9.17) is 5.11 Å². The third kappa shape index (κ3) is 2.23. The number of aryl methyl sites for hydroxylation is 1. The zero-order chi connectivity index (χ0) is 13.3. The Labute approximate surface area is 106 Å². The van der Waals surface area contributed by atoms with Crippen molar-refractivity contribution in [2.75, 3.05) is 11.6 Å². The number of hydrogen-bond acceptors (Lipinski definition) is 5. The van der Waals surface area contributed by atoms with Gasteiger partial charge in [-0.1, -0.05) is 0 Å². The second-order valence-corrected chi connectivity index (χ2v) is 4.81. The lowest BCUT2D eigenvalue weighted by Crippen LogP contribution is -2.42. The molecule has 0 radical (unpaired) electrons. The molecule has 1 aliphatic rings. The second kappa shape index (κ2) is 4.81. The van der Waals surface area contributed by atoms with Gasteiger partial charge in [0.25, 0.3) is 11.5 Å². The van der Waals surface area contributed by atoms with Crippen LogP contribution in [0.15, 0.2) is 16.9 Å². The molecule has 96 valence electrons. The van der Waals surface area contributed by atoms with E-state index in [2.05, 4.69) is 5.10 Å². The molecule has 0 bridgehead atoms. The highest BCUT2D eigenvalue weighted by Crippen LogP contribution is 2.22. The summed E-state index contributed by atoms with van der Waals surface area (Å²) in [5, 5.41) is 12.8. The van der Waals surface area contributed by atoms with Gasteiger partial charge in [-0.15, -0.1) is 11.8 Å². The van der Waals surface area contributed by atoms with Crippen molar-refractivity contribution in [1.29, 1.82) is 0 Å². The molecule has 1 saturated heterocycles. The number of rotatable bonds is 2. The monoisotopic (exact) mass is 269 g/mol. The maximum atomic E-state index is 12.1. The minimum Gasteiger partial charge on any atom is -0.480 e. The summed E-state index contributed by atoms with van der Waals surface area (Å²) in [5.41, 5.74) is -0.247. The molecule has 1 fully saturated rings. The topological polar surface area (TPSA) is 92.5 Å². The molecular weight excluding hydrogens is 258 g/mol. The number of carbonyl (C=O) groups is 2. The number of nitrogens with zero attached hydrogens (tertiary/aromatic N) is 3. The van der Waals surface area contributed by atoms with Crippen molar-refractivity contribution in [1.82, 2.24) is 14.7 Å². The van der Waals surface area contributed by atoms with E-state index in [0.717, 1.165) is 4.68 Å². The van der Waals surface area contributed by atoms with Crippen LogP contribution in [-0.2, 0) is 11.8 Å². The Bertz CT molecular complexity index is 556. The normalized spacial score (nSPS) is 18.9. The van der Waals surface area contributed by atoms with Gasteiger partial charge in [-0.3, -0.25) is 9.59 Å². The average Bonchev–Trinajstić information content (AvgIpc) is 2.81. The van der Waals surface area contributed by atoms with Crippen molar-refractivity contribution in [2.24, 2.45) is 7.05 Å². The number of thioether (sulfide) groups is 1. The number of amides is 1. The third-order valence-corrected chi connectivity index (χ3v) is 3.62. The van der Waals surface area contributed by atoms with Gasteiger partial charge >= 0.3 is 5.97 Å². The van der Waals surface area contributed by atoms with Gasteiger partial charge < -0.3 is 10.0 Å². The van der Waals surface area contributed by atoms with Gasteiger partial charge in [0.1, 0.15) is 11.7 Å². The molecule has 0 aromatic carbocycles. The first kappa shape index (κ1) is 12.6. The number of hydrogen-bond donors (Lipinski definition) is 1. The van der Waals surface area contributed by atoms with Crippen LogP contribution in [0.1, 0.15) is 10.5 Å². The SMILES string of the molecule is Cn1nc(C(=O)N2CSC[C@H]2C(=O)O)ccc1=O. The lowest BCUT2D eigenvalue weighted by atomic mass is 10.2. The smallest absolute Gasteiger partial charge is 0.327 e. The molecule has 18 heavy (non-hydrogen) atoms. The van der Waals surface area contributed by atoms with E-state index < -0.39 is 17.9 Å². The zero-order valence-corrected chi connectivity index (χ0v) is 10.4. The van der Waals surface area contributed by atoms with Crippen molar-refractivity contribution >= 4 is 23.6 Å². The van der Waals surface area contributed by atoms with Gasteiger partial charge in [0, 0.05) is 18.9 Å². The number of aliphatic carboxylic acids is 1. The molecule has 2 heterocycles. The van der Waals surface area contributed by atoms with Crippen molar-refractivity contribution < 1.29 is 14.7 Å². The van der Waals surface area contributed by atoms with Crippen LogP contribution < -0.4 is 5.56 Å². The molecule has 0 spiro atoms. The van der Waals surface area contributed by atoms with E-state index in [1.165, 1.54) is 35.8 Å². The molecule has 8 heteroatoms. The van der Waals surface area contributed by atoms with Crippen LogP contribution in [0, 0.1) is 0 Å². The van der Waals surface area contributed by atoms with Gasteiger partial charge in [-0.25, -0.2) is 9.48 Å². The first-order valence-corrected chi connectivity index (χ1v) is 6.32. The molecule has 0 saturated carbocycles. The van der Waals surface area contributed by atoms with Crippen LogP contribution in [0.3, 0.4) is 0 Å². The fourth-order valence-electron chi connectivity index (χ4n) is 1.61. The lowest BCUT2D eigenvalue weighted by Gasteiger charge is -2.19. The zero-order valence-electron chi connectivity index (χ0n) is 9.57. The van der Waals surface area contributed by atoms with Gasteiger partial charge in [0.2, 0.25) is 0 Å². The van der Waals surface area contributed by atoms with Gasteiger partial charge in [-0.2, -0.15) is 5.10 Å². The van der Waals surface area contributed by atoms with Gasteiger partial charge in [0.15, 0.2) is 0 Å². The molecule has 7 nitrogen and oxygen atoms in total. The minimum atomic E-state index is -1.03. The first-order chi connectivity index (χ1) is 8.50. The molecule has 0 unspecified atom stereocenters. The summed E-state index contributed by atoms with van der Waals surface area (Å²) in [5.74, 6) is -0.811. The summed E-state index contributed by atoms with van der Waals surface area (Å²) in [6, 6.07) is 1.72. The molecule has 1 aromatic rings. The molecule has 2 rings (SSSR count). The molecule has 1 aromatic heterocycles. The standard InChI is InChI=1S/C10H11N3O4S/c1-12-8(14)3-2-6(11-12)9(15)13-5-18-4-7(13)10(16)17/h2-3,7H,4-5H2,1H3,(H,16,17)/t7-/m0/s1. The summed E-state index contributed by atoms with van der Waals surface area (Å²) in [7, 11) is 1.44. The van der Waals surface area contributed by atoms with E-state index in [-0.39, 0.29) is 11.3 Å². The Balaban J connectivity index is 2.28. The minimum absolute atomic E-state index is 0.0749. The van der Waals surface area contributed by atoms with Crippen LogP contribution >= 0.6 is 11.8 Å². The van der Waals surface area contributed by atoms with Crippen LogP contribution in [0.25, 0.3) is 0 Å². The molecule has 1 amide bonds. The Hall–Kier alpha value is -1.83. The maximum absolute atomic E-state index is 12.1. The molecule has 1 atom stereocenters. The van der Waals surface area contributed by atoms with E-state index >= 15 is 0 Å². The van der Waals surface area contributed by atoms with Gasteiger partial charge in [0.05, 0.1) is 5.88 Å². The molecule has 1 N–H and O–H groups in total. The van der Waals surface area contributed by atoms with E-state index in [1.54, 1.807) is 0 Å². The van der Waals surface area contributed by atoms with Crippen LogP contribution in [-0.4, -0.2) is 49.3 Å². The van der Waals surface area contributed by atoms with Gasteiger partial charge in [-0.05, 0) is 6.07 Å². The predicted octanol–water partition coefficient (Wildman–Crippen LogP) is -0.620. The third-order valence-electron chi connectivity index (χ3n) is 2.61. The highest BCUT2D eigenvalue weighted by molar-refractivity contribution is 7.99. The number of carboxylic acids is 1. The predicted molar refractivity (Wildman–Crippen MR) is 64.4 cm³/mol. The number of carbonyl (C=O) groups excluding carboxylic acids is 1. The Morgan fingerprint density at radius 1 is 1.50 bits per heavy atom. The van der Waals surface area contributed by atoms with Crippen LogP contribution in [0.5, 0.6) is 0 Å².